The second-order valence-electron chi connectivity index (χ2n) is 4.96. The minimum atomic E-state index is 0.636. The molecule has 0 fully saturated rings. The summed E-state index contributed by atoms with van der Waals surface area (Å²) in [5.41, 5.74) is 3.60. The van der Waals surface area contributed by atoms with Gasteiger partial charge in [0.05, 0.1) is 6.61 Å². The molecule has 2 aromatic carbocycles. The summed E-state index contributed by atoms with van der Waals surface area (Å²) in [7, 11) is 1.72. The molecule has 1 aromatic heterocycles. The van der Waals surface area contributed by atoms with Gasteiger partial charge in [-0.1, -0.05) is 36.4 Å². The molecule has 0 aliphatic carbocycles. The second-order valence-corrected chi connectivity index (χ2v) is 4.96. The highest BCUT2D eigenvalue weighted by Crippen LogP contribution is 2.23. The number of benzene rings is 2. The lowest BCUT2D eigenvalue weighted by Gasteiger charge is -2.12. The molecule has 1 N–H and O–H groups in total. The van der Waals surface area contributed by atoms with Crippen LogP contribution in [0.2, 0.25) is 0 Å². The van der Waals surface area contributed by atoms with E-state index in [1.165, 1.54) is 16.5 Å². The van der Waals surface area contributed by atoms with Gasteiger partial charge < -0.3 is 10.1 Å². The van der Waals surface area contributed by atoms with Crippen molar-refractivity contribution in [1.82, 2.24) is 4.98 Å². The van der Waals surface area contributed by atoms with Crippen LogP contribution >= 0.6 is 0 Å². The average Bonchev–Trinajstić information content (AvgIpc) is 2.54. The van der Waals surface area contributed by atoms with Crippen LogP contribution in [0.25, 0.3) is 10.8 Å². The first-order valence-corrected chi connectivity index (χ1v) is 7.01. The third kappa shape index (κ3) is 3.03. The SMILES string of the molecule is COCc1ccccc1CNc1cccc2cnccc12. The minimum absolute atomic E-state index is 0.636. The molecule has 21 heavy (non-hydrogen) atoms. The Morgan fingerprint density at radius 1 is 1.00 bits per heavy atom. The van der Waals surface area contributed by atoms with Crippen molar-refractivity contribution >= 4 is 16.5 Å². The smallest absolute Gasteiger partial charge is 0.0716 e. The van der Waals surface area contributed by atoms with Gasteiger partial charge in [0.15, 0.2) is 0 Å². The number of ether oxygens (including phenoxy) is 1. The largest absolute Gasteiger partial charge is 0.380 e. The van der Waals surface area contributed by atoms with E-state index in [-0.39, 0.29) is 0 Å². The first-order valence-electron chi connectivity index (χ1n) is 7.01. The summed E-state index contributed by atoms with van der Waals surface area (Å²) in [6.07, 6.45) is 3.71. The summed E-state index contributed by atoms with van der Waals surface area (Å²) in [4.78, 5) is 4.17. The lowest BCUT2D eigenvalue weighted by atomic mass is 10.1. The van der Waals surface area contributed by atoms with Gasteiger partial charge in [-0.05, 0) is 23.3 Å². The van der Waals surface area contributed by atoms with Crippen LogP contribution in [0.5, 0.6) is 0 Å². The van der Waals surface area contributed by atoms with Crippen LogP contribution in [0.3, 0.4) is 0 Å². The molecule has 0 saturated heterocycles. The lowest BCUT2D eigenvalue weighted by molar-refractivity contribution is 0.184. The van der Waals surface area contributed by atoms with Gasteiger partial charge in [0, 0.05) is 42.5 Å². The second kappa shape index (κ2) is 6.37. The summed E-state index contributed by atoms with van der Waals surface area (Å²) in [5, 5.41) is 5.86. The normalized spacial score (nSPS) is 10.7. The van der Waals surface area contributed by atoms with Crippen LogP contribution < -0.4 is 5.32 Å². The van der Waals surface area contributed by atoms with Gasteiger partial charge in [-0.2, -0.15) is 0 Å². The van der Waals surface area contributed by atoms with Crippen LogP contribution in [0.4, 0.5) is 5.69 Å². The standard InChI is InChI=1S/C18H18N2O/c1-21-13-16-6-3-2-5-14(16)12-20-18-8-4-7-15-11-19-10-9-17(15)18/h2-11,20H,12-13H2,1H3. The van der Waals surface area contributed by atoms with Crippen LogP contribution in [-0.4, -0.2) is 12.1 Å². The van der Waals surface area contributed by atoms with Gasteiger partial charge in [-0.3, -0.25) is 4.98 Å². The van der Waals surface area contributed by atoms with Crippen molar-refractivity contribution in [3.05, 3.63) is 72.1 Å². The molecule has 3 nitrogen and oxygen atoms in total. The Hall–Kier alpha value is -2.39. The predicted octanol–water partition coefficient (Wildman–Crippen LogP) is 3.99. The summed E-state index contributed by atoms with van der Waals surface area (Å²) < 4.78 is 5.25. The van der Waals surface area contributed by atoms with E-state index in [9.17, 15) is 0 Å². The minimum Gasteiger partial charge on any atom is -0.380 e. The predicted molar refractivity (Wildman–Crippen MR) is 86.2 cm³/mol. The van der Waals surface area contributed by atoms with E-state index in [0.29, 0.717) is 6.61 Å². The van der Waals surface area contributed by atoms with Gasteiger partial charge in [-0.25, -0.2) is 0 Å². The molecule has 3 aromatic rings. The monoisotopic (exact) mass is 278 g/mol. The Kier molecular flexibility index (Phi) is 4.12. The van der Waals surface area contributed by atoms with Gasteiger partial charge >= 0.3 is 0 Å². The molecule has 0 aliphatic rings. The third-order valence-corrected chi connectivity index (χ3v) is 3.57. The van der Waals surface area contributed by atoms with E-state index < -0.39 is 0 Å². The fraction of sp³-hybridized carbons (Fsp3) is 0.167. The molecule has 0 unspecified atom stereocenters. The number of nitrogens with one attached hydrogen (secondary N) is 1. The topological polar surface area (TPSA) is 34.1 Å². The maximum Gasteiger partial charge on any atom is 0.0716 e. The number of aromatic nitrogens is 1. The van der Waals surface area contributed by atoms with Crippen molar-refractivity contribution in [3.63, 3.8) is 0 Å². The molecule has 1 heterocycles. The van der Waals surface area contributed by atoms with Gasteiger partial charge in [0.2, 0.25) is 0 Å². The molecule has 0 aliphatic heterocycles. The summed E-state index contributed by atoms with van der Waals surface area (Å²) in [6, 6.07) is 16.6. The number of fused-ring (bicyclic) bond motifs is 1. The van der Waals surface area contributed by atoms with Crippen LogP contribution in [-0.2, 0) is 17.9 Å². The number of rotatable bonds is 5. The molecule has 0 amide bonds. The highest BCUT2D eigenvalue weighted by molar-refractivity contribution is 5.93. The molecule has 0 atom stereocenters. The van der Waals surface area contributed by atoms with Crippen molar-refractivity contribution in [2.24, 2.45) is 0 Å². The van der Waals surface area contributed by atoms with E-state index in [1.54, 1.807) is 7.11 Å². The summed E-state index contributed by atoms with van der Waals surface area (Å²) in [6.45, 7) is 1.41. The zero-order chi connectivity index (χ0) is 14.5. The van der Waals surface area contributed by atoms with Crippen molar-refractivity contribution in [2.45, 2.75) is 13.2 Å². The van der Waals surface area contributed by atoms with Crippen molar-refractivity contribution in [1.29, 1.82) is 0 Å². The molecule has 106 valence electrons. The van der Waals surface area contributed by atoms with Gasteiger partial charge in [-0.15, -0.1) is 0 Å². The van der Waals surface area contributed by atoms with Gasteiger partial charge in [0.25, 0.3) is 0 Å². The number of anilines is 1. The lowest BCUT2D eigenvalue weighted by Crippen LogP contribution is -2.04. The fourth-order valence-corrected chi connectivity index (χ4v) is 2.49. The Balaban J connectivity index is 1.84. The molecule has 0 saturated carbocycles. The van der Waals surface area contributed by atoms with Crippen molar-refractivity contribution in [2.75, 3.05) is 12.4 Å². The zero-order valence-electron chi connectivity index (χ0n) is 12.0. The average molecular weight is 278 g/mol. The third-order valence-electron chi connectivity index (χ3n) is 3.57. The van der Waals surface area contributed by atoms with E-state index in [4.69, 9.17) is 4.74 Å². The number of nitrogens with zero attached hydrogens (tertiary/aromatic N) is 1. The quantitative estimate of drug-likeness (QED) is 0.766. The van der Waals surface area contributed by atoms with E-state index in [2.05, 4.69) is 40.6 Å². The number of pyridine rings is 1. The number of hydrogen-bond donors (Lipinski definition) is 1. The molecule has 0 bridgehead atoms. The van der Waals surface area contributed by atoms with Crippen LogP contribution in [0, 0.1) is 0 Å². The Bertz CT molecular complexity index is 735. The van der Waals surface area contributed by atoms with E-state index in [1.807, 2.05) is 30.6 Å². The molecule has 0 radical (unpaired) electrons. The Morgan fingerprint density at radius 2 is 1.86 bits per heavy atom. The summed E-state index contributed by atoms with van der Waals surface area (Å²) >= 11 is 0. The van der Waals surface area contributed by atoms with Crippen LogP contribution in [0.15, 0.2) is 60.9 Å². The van der Waals surface area contributed by atoms with E-state index in [0.717, 1.165) is 17.6 Å². The van der Waals surface area contributed by atoms with Crippen molar-refractivity contribution in [3.8, 4) is 0 Å². The molecule has 3 heteroatoms. The maximum atomic E-state index is 5.25. The van der Waals surface area contributed by atoms with E-state index >= 15 is 0 Å². The molecule has 0 spiro atoms. The van der Waals surface area contributed by atoms with Crippen LogP contribution in [0.1, 0.15) is 11.1 Å². The molecular formula is C18H18N2O. The molecular weight excluding hydrogens is 260 g/mol. The first-order chi connectivity index (χ1) is 10.4. The fourth-order valence-electron chi connectivity index (χ4n) is 2.49. The highest BCUT2D eigenvalue weighted by Gasteiger charge is 2.03. The Morgan fingerprint density at radius 3 is 2.71 bits per heavy atom. The first kappa shape index (κ1) is 13.6. The highest BCUT2D eigenvalue weighted by atomic mass is 16.5. The van der Waals surface area contributed by atoms with Gasteiger partial charge in [0.1, 0.15) is 0 Å². The Labute approximate surface area is 124 Å². The zero-order valence-corrected chi connectivity index (χ0v) is 12.0. The number of methoxy groups -OCH3 is 1. The molecule has 3 rings (SSSR count). The maximum absolute atomic E-state index is 5.25. The number of hydrogen-bond acceptors (Lipinski definition) is 3. The summed E-state index contributed by atoms with van der Waals surface area (Å²) in [5.74, 6) is 0. The van der Waals surface area contributed by atoms with Crippen molar-refractivity contribution < 1.29 is 4.74 Å².